The van der Waals surface area contributed by atoms with Crippen LogP contribution in [0.3, 0.4) is 0 Å². The molecule has 1 aromatic heterocycles. The Morgan fingerprint density at radius 3 is 3.00 bits per heavy atom. The number of aromatic nitrogens is 2. The fraction of sp³-hybridized carbons (Fsp3) is 0.667. The van der Waals surface area contributed by atoms with Crippen LogP contribution in [0.1, 0.15) is 20.3 Å². The van der Waals surface area contributed by atoms with Crippen LogP contribution in [-0.2, 0) is 6.54 Å². The predicted octanol–water partition coefficient (Wildman–Crippen LogP) is 1.27. The highest BCUT2D eigenvalue weighted by Crippen LogP contribution is 1.90. The van der Waals surface area contributed by atoms with Crippen LogP contribution < -0.4 is 5.32 Å². The molecule has 1 aromatic rings. The maximum atomic E-state index is 4.14. The minimum atomic E-state index is 0.504. The van der Waals surface area contributed by atoms with Crippen LogP contribution in [0.5, 0.6) is 0 Å². The maximum Gasteiger partial charge on any atom is 0.0559 e. The average molecular weight is 167 g/mol. The number of rotatable bonds is 5. The van der Waals surface area contributed by atoms with E-state index in [2.05, 4.69) is 24.3 Å². The van der Waals surface area contributed by atoms with Gasteiger partial charge < -0.3 is 5.32 Å². The second-order valence-electron chi connectivity index (χ2n) is 3.08. The third-order valence-electron chi connectivity index (χ3n) is 1.76. The number of nitrogens with one attached hydrogen (secondary N) is 1. The van der Waals surface area contributed by atoms with Gasteiger partial charge in [-0.05, 0) is 26.0 Å². The van der Waals surface area contributed by atoms with Crippen LogP contribution in [0, 0.1) is 0 Å². The number of hydrogen-bond acceptors (Lipinski definition) is 2. The van der Waals surface area contributed by atoms with Gasteiger partial charge in [-0.15, -0.1) is 0 Å². The van der Waals surface area contributed by atoms with E-state index in [1.807, 2.05) is 23.1 Å². The van der Waals surface area contributed by atoms with Gasteiger partial charge in [-0.3, -0.25) is 4.68 Å². The van der Waals surface area contributed by atoms with Crippen molar-refractivity contribution in [3.05, 3.63) is 18.5 Å². The summed E-state index contributed by atoms with van der Waals surface area (Å²) in [5, 5.41) is 7.55. The van der Waals surface area contributed by atoms with Crippen molar-refractivity contribution >= 4 is 0 Å². The molecular formula is C9H17N3. The molecule has 0 saturated heterocycles. The van der Waals surface area contributed by atoms with Crippen molar-refractivity contribution in [2.75, 3.05) is 6.54 Å². The summed E-state index contributed by atoms with van der Waals surface area (Å²) >= 11 is 0. The lowest BCUT2D eigenvalue weighted by atomic mass is 10.3. The molecule has 1 heterocycles. The molecule has 0 radical (unpaired) electrons. The fourth-order valence-corrected chi connectivity index (χ4v) is 1.14. The van der Waals surface area contributed by atoms with Crippen molar-refractivity contribution in [3.63, 3.8) is 0 Å². The summed E-state index contributed by atoms with van der Waals surface area (Å²) in [7, 11) is 0. The smallest absolute Gasteiger partial charge is 0.0559 e. The average Bonchev–Trinajstić information content (AvgIpc) is 2.53. The Bertz CT molecular complexity index is 194. The topological polar surface area (TPSA) is 29.9 Å². The normalized spacial score (nSPS) is 13.2. The zero-order chi connectivity index (χ0) is 8.81. The lowest BCUT2D eigenvalue weighted by Gasteiger charge is -2.12. The SMILES string of the molecule is CCCNC(C)Cn1cccn1. The molecule has 3 heteroatoms. The summed E-state index contributed by atoms with van der Waals surface area (Å²) < 4.78 is 1.95. The van der Waals surface area contributed by atoms with Crippen molar-refractivity contribution in [1.29, 1.82) is 0 Å². The summed E-state index contributed by atoms with van der Waals surface area (Å²) in [6.45, 7) is 6.39. The first-order valence-electron chi connectivity index (χ1n) is 4.53. The van der Waals surface area contributed by atoms with Crippen LogP contribution >= 0.6 is 0 Å². The van der Waals surface area contributed by atoms with Gasteiger partial charge in [0.1, 0.15) is 0 Å². The first-order valence-corrected chi connectivity index (χ1v) is 4.53. The van der Waals surface area contributed by atoms with E-state index < -0.39 is 0 Å². The highest BCUT2D eigenvalue weighted by molar-refractivity contribution is 4.78. The first kappa shape index (κ1) is 9.26. The largest absolute Gasteiger partial charge is 0.312 e. The van der Waals surface area contributed by atoms with Crippen LogP contribution in [0.2, 0.25) is 0 Å². The van der Waals surface area contributed by atoms with Crippen LogP contribution in [-0.4, -0.2) is 22.4 Å². The summed E-state index contributed by atoms with van der Waals surface area (Å²) in [5.74, 6) is 0. The van der Waals surface area contributed by atoms with Gasteiger partial charge in [0.15, 0.2) is 0 Å². The minimum Gasteiger partial charge on any atom is -0.312 e. The second-order valence-corrected chi connectivity index (χ2v) is 3.08. The fourth-order valence-electron chi connectivity index (χ4n) is 1.14. The van der Waals surface area contributed by atoms with E-state index in [1.165, 1.54) is 6.42 Å². The van der Waals surface area contributed by atoms with Gasteiger partial charge >= 0.3 is 0 Å². The molecule has 12 heavy (non-hydrogen) atoms. The molecule has 0 saturated carbocycles. The molecule has 68 valence electrons. The van der Waals surface area contributed by atoms with E-state index in [0.29, 0.717) is 6.04 Å². The van der Waals surface area contributed by atoms with E-state index in [9.17, 15) is 0 Å². The van der Waals surface area contributed by atoms with Crippen molar-refractivity contribution in [1.82, 2.24) is 15.1 Å². The second kappa shape index (κ2) is 4.93. The quantitative estimate of drug-likeness (QED) is 0.715. The number of hydrogen-bond donors (Lipinski definition) is 1. The van der Waals surface area contributed by atoms with Gasteiger partial charge in [0.2, 0.25) is 0 Å². The molecule has 3 nitrogen and oxygen atoms in total. The molecule has 1 unspecified atom stereocenters. The van der Waals surface area contributed by atoms with Crippen molar-refractivity contribution in [3.8, 4) is 0 Å². The maximum absolute atomic E-state index is 4.14. The standard InChI is InChI=1S/C9H17N3/c1-3-5-10-9(2)8-12-7-4-6-11-12/h4,6-7,9-10H,3,5,8H2,1-2H3. The number of nitrogens with zero attached hydrogens (tertiary/aromatic N) is 2. The summed E-state index contributed by atoms with van der Waals surface area (Å²) in [6, 6.07) is 2.46. The molecule has 0 fully saturated rings. The molecular weight excluding hydrogens is 150 g/mol. The highest BCUT2D eigenvalue weighted by atomic mass is 15.3. The van der Waals surface area contributed by atoms with Gasteiger partial charge in [-0.25, -0.2) is 0 Å². The van der Waals surface area contributed by atoms with Gasteiger partial charge in [0.25, 0.3) is 0 Å². The van der Waals surface area contributed by atoms with Crippen LogP contribution in [0.25, 0.3) is 0 Å². The summed E-state index contributed by atoms with van der Waals surface area (Å²) in [5.41, 5.74) is 0. The molecule has 0 spiro atoms. The third kappa shape index (κ3) is 3.05. The minimum absolute atomic E-state index is 0.504. The molecule has 0 bridgehead atoms. The van der Waals surface area contributed by atoms with E-state index in [4.69, 9.17) is 0 Å². The highest BCUT2D eigenvalue weighted by Gasteiger charge is 2.00. The van der Waals surface area contributed by atoms with Crippen molar-refractivity contribution < 1.29 is 0 Å². The predicted molar refractivity (Wildman–Crippen MR) is 50.0 cm³/mol. The van der Waals surface area contributed by atoms with Crippen molar-refractivity contribution in [2.24, 2.45) is 0 Å². The lowest BCUT2D eigenvalue weighted by Crippen LogP contribution is -2.31. The summed E-state index contributed by atoms with van der Waals surface area (Å²) in [4.78, 5) is 0. The van der Waals surface area contributed by atoms with E-state index in [1.54, 1.807) is 0 Å². The van der Waals surface area contributed by atoms with E-state index in [0.717, 1.165) is 13.1 Å². The van der Waals surface area contributed by atoms with E-state index >= 15 is 0 Å². The monoisotopic (exact) mass is 167 g/mol. The molecule has 0 aliphatic carbocycles. The Balaban J connectivity index is 2.22. The summed E-state index contributed by atoms with van der Waals surface area (Å²) in [6.07, 6.45) is 4.99. The van der Waals surface area contributed by atoms with Gasteiger partial charge in [0.05, 0.1) is 6.54 Å². The Hall–Kier alpha value is -0.830. The molecule has 0 amide bonds. The van der Waals surface area contributed by atoms with Crippen LogP contribution in [0.15, 0.2) is 18.5 Å². The lowest BCUT2D eigenvalue weighted by molar-refractivity contribution is 0.452. The Labute approximate surface area is 73.8 Å². The molecule has 1 atom stereocenters. The Kier molecular flexibility index (Phi) is 3.80. The van der Waals surface area contributed by atoms with Gasteiger partial charge in [0, 0.05) is 18.4 Å². The molecule has 0 aromatic carbocycles. The molecule has 1 rings (SSSR count). The van der Waals surface area contributed by atoms with Gasteiger partial charge in [-0.2, -0.15) is 5.10 Å². The Morgan fingerprint density at radius 2 is 2.42 bits per heavy atom. The zero-order valence-electron chi connectivity index (χ0n) is 7.83. The molecule has 0 aliphatic heterocycles. The molecule has 0 aliphatic rings. The van der Waals surface area contributed by atoms with Crippen molar-refractivity contribution in [2.45, 2.75) is 32.9 Å². The molecule has 1 N–H and O–H groups in total. The van der Waals surface area contributed by atoms with Gasteiger partial charge in [-0.1, -0.05) is 6.92 Å². The first-order chi connectivity index (χ1) is 5.83. The Morgan fingerprint density at radius 1 is 1.58 bits per heavy atom. The van der Waals surface area contributed by atoms with E-state index in [-0.39, 0.29) is 0 Å². The van der Waals surface area contributed by atoms with Crippen LogP contribution in [0.4, 0.5) is 0 Å². The zero-order valence-corrected chi connectivity index (χ0v) is 7.83. The third-order valence-corrected chi connectivity index (χ3v) is 1.76.